The van der Waals surface area contributed by atoms with E-state index in [1.807, 2.05) is 0 Å². The van der Waals surface area contributed by atoms with E-state index in [-0.39, 0.29) is 0 Å². The zero-order chi connectivity index (χ0) is 30.0. The van der Waals surface area contributed by atoms with Crippen molar-refractivity contribution in [1.82, 2.24) is 9.97 Å². The normalized spacial score (nSPS) is 14.2. The van der Waals surface area contributed by atoms with E-state index >= 15 is 0 Å². The molecule has 0 saturated carbocycles. The first-order chi connectivity index (χ1) is 22.8. The van der Waals surface area contributed by atoms with Crippen LogP contribution in [0.15, 0.2) is 152 Å². The Kier molecular flexibility index (Phi) is 4.52. The summed E-state index contributed by atoms with van der Waals surface area (Å²) in [4.78, 5) is 10.2. The van der Waals surface area contributed by atoms with Crippen LogP contribution in [0.4, 0.5) is 17.1 Å². The van der Waals surface area contributed by atoms with Gasteiger partial charge in [-0.2, -0.15) is 0 Å². The molecule has 214 valence electrons. The van der Waals surface area contributed by atoms with E-state index in [1.165, 1.54) is 77.3 Å². The minimum atomic E-state index is -0.514. The average molecular weight is 586 g/mol. The summed E-state index contributed by atoms with van der Waals surface area (Å²) in [6.45, 7) is 0. The van der Waals surface area contributed by atoms with E-state index < -0.39 is 5.41 Å². The molecule has 1 aliphatic heterocycles. The molecule has 0 saturated heterocycles. The van der Waals surface area contributed by atoms with Gasteiger partial charge in [-0.25, -0.2) is 0 Å². The monoisotopic (exact) mass is 585 g/mol. The fraction of sp³-hybridized carbons (Fsp3) is 0.0233. The lowest BCUT2D eigenvalue weighted by molar-refractivity contribution is 0.753. The fourth-order valence-electron chi connectivity index (χ4n) is 8.81. The molecule has 1 spiro atoms. The first-order valence-electron chi connectivity index (χ1n) is 16.0. The SMILES string of the molecule is c1ccc(N2c3ccccc3C3(c4ccccc42)c2ccc4c([nH]c5ccccc54)c2-c2c3ccc3c2[nH]c2ccccc23)cc1. The highest BCUT2D eigenvalue weighted by atomic mass is 15.2. The number of anilines is 3. The number of fused-ring (bicyclic) bond motifs is 17. The summed E-state index contributed by atoms with van der Waals surface area (Å²) >= 11 is 0. The van der Waals surface area contributed by atoms with Crippen LogP contribution >= 0.6 is 0 Å². The van der Waals surface area contributed by atoms with Gasteiger partial charge in [0.05, 0.1) is 27.8 Å². The predicted molar refractivity (Wildman–Crippen MR) is 191 cm³/mol. The minimum absolute atomic E-state index is 0.514. The second-order valence-electron chi connectivity index (χ2n) is 12.6. The lowest BCUT2D eigenvalue weighted by atomic mass is 9.64. The summed E-state index contributed by atoms with van der Waals surface area (Å²) in [6, 6.07) is 55.7. The number of aromatic nitrogens is 2. The van der Waals surface area contributed by atoms with Crippen LogP contribution < -0.4 is 4.90 Å². The summed E-state index contributed by atoms with van der Waals surface area (Å²) in [5.41, 5.74) is 15.6. The van der Waals surface area contributed by atoms with Gasteiger partial charge in [-0.1, -0.05) is 115 Å². The summed E-state index contributed by atoms with van der Waals surface area (Å²) in [5, 5.41) is 5.03. The maximum Gasteiger partial charge on any atom is 0.0755 e. The number of aromatic amines is 2. The first kappa shape index (κ1) is 24.3. The Hall–Kier alpha value is -6.06. The Morgan fingerprint density at radius 2 is 0.826 bits per heavy atom. The van der Waals surface area contributed by atoms with E-state index in [0.717, 1.165) is 16.7 Å². The average Bonchev–Trinajstić information content (AvgIpc) is 3.78. The van der Waals surface area contributed by atoms with Crippen LogP contribution in [0.5, 0.6) is 0 Å². The highest BCUT2D eigenvalue weighted by Crippen LogP contribution is 2.65. The molecule has 0 unspecified atom stereocenters. The molecule has 46 heavy (non-hydrogen) atoms. The van der Waals surface area contributed by atoms with Crippen molar-refractivity contribution in [2.75, 3.05) is 4.90 Å². The van der Waals surface area contributed by atoms with Gasteiger partial charge in [-0.15, -0.1) is 0 Å². The lowest BCUT2D eigenvalue weighted by Gasteiger charge is -2.45. The highest BCUT2D eigenvalue weighted by Gasteiger charge is 2.53. The molecule has 0 radical (unpaired) electrons. The molecule has 3 heteroatoms. The number of hydrogen-bond acceptors (Lipinski definition) is 1. The van der Waals surface area contributed by atoms with Crippen molar-refractivity contribution in [2.45, 2.75) is 5.41 Å². The molecule has 0 atom stereocenters. The fourth-order valence-corrected chi connectivity index (χ4v) is 8.81. The topological polar surface area (TPSA) is 34.8 Å². The molecule has 2 aliphatic rings. The van der Waals surface area contributed by atoms with Gasteiger partial charge in [0.25, 0.3) is 0 Å². The largest absolute Gasteiger partial charge is 0.354 e. The molecule has 1 aliphatic carbocycles. The van der Waals surface area contributed by atoms with E-state index in [0.29, 0.717) is 0 Å². The van der Waals surface area contributed by atoms with Crippen molar-refractivity contribution in [3.05, 3.63) is 174 Å². The van der Waals surface area contributed by atoms with Gasteiger partial charge in [0.1, 0.15) is 0 Å². The third-order valence-electron chi connectivity index (χ3n) is 10.5. The predicted octanol–water partition coefficient (Wildman–Crippen LogP) is 11.1. The molecule has 0 bridgehead atoms. The number of rotatable bonds is 1. The molecule has 2 aromatic heterocycles. The molecule has 11 rings (SSSR count). The zero-order valence-electron chi connectivity index (χ0n) is 24.9. The van der Waals surface area contributed by atoms with Gasteiger partial charge in [0.2, 0.25) is 0 Å². The second kappa shape index (κ2) is 8.56. The van der Waals surface area contributed by atoms with Gasteiger partial charge in [0, 0.05) is 49.4 Å². The third kappa shape index (κ3) is 2.80. The van der Waals surface area contributed by atoms with Crippen LogP contribution in [0.3, 0.4) is 0 Å². The molecule has 0 fully saturated rings. The maximum absolute atomic E-state index is 3.90. The van der Waals surface area contributed by atoms with Crippen molar-refractivity contribution >= 4 is 60.7 Å². The Morgan fingerprint density at radius 1 is 0.370 bits per heavy atom. The smallest absolute Gasteiger partial charge is 0.0755 e. The van der Waals surface area contributed by atoms with Crippen LogP contribution in [0.25, 0.3) is 54.7 Å². The molecule has 3 heterocycles. The van der Waals surface area contributed by atoms with Gasteiger partial charge in [0.15, 0.2) is 0 Å². The number of nitrogens with zero attached hydrogens (tertiary/aromatic N) is 1. The number of nitrogens with one attached hydrogen (secondary N) is 2. The molecular formula is C43H27N3. The van der Waals surface area contributed by atoms with Crippen LogP contribution in [-0.2, 0) is 5.41 Å². The van der Waals surface area contributed by atoms with Crippen molar-refractivity contribution in [2.24, 2.45) is 0 Å². The highest BCUT2D eigenvalue weighted by molar-refractivity contribution is 6.21. The van der Waals surface area contributed by atoms with E-state index in [4.69, 9.17) is 0 Å². The van der Waals surface area contributed by atoms with Crippen molar-refractivity contribution in [3.8, 4) is 11.1 Å². The summed E-state index contributed by atoms with van der Waals surface area (Å²) in [7, 11) is 0. The number of benzene rings is 7. The zero-order valence-corrected chi connectivity index (χ0v) is 24.9. The Morgan fingerprint density at radius 3 is 1.37 bits per heavy atom. The lowest BCUT2D eigenvalue weighted by Crippen LogP contribution is -2.36. The standard InChI is InChI=1S/C43H27N3/c1-2-12-26(13-3-1)46-37-20-10-6-16-31(37)43(32-17-7-11-21-38(32)46)33-24-22-29-27-14-4-8-18-35(27)44-41(29)39(33)40-34(43)25-23-30-28-15-5-9-19-36(28)45-42(30)40/h1-25,44-45H. The van der Waals surface area contributed by atoms with Crippen LogP contribution in [0.2, 0.25) is 0 Å². The van der Waals surface area contributed by atoms with Gasteiger partial charge < -0.3 is 14.9 Å². The van der Waals surface area contributed by atoms with Gasteiger partial charge in [-0.05, 0) is 58.7 Å². The molecule has 2 N–H and O–H groups in total. The van der Waals surface area contributed by atoms with E-state index in [1.54, 1.807) is 0 Å². The molecule has 3 nitrogen and oxygen atoms in total. The summed E-state index contributed by atoms with van der Waals surface area (Å²) < 4.78 is 0. The number of hydrogen-bond donors (Lipinski definition) is 2. The molecular weight excluding hydrogens is 558 g/mol. The van der Waals surface area contributed by atoms with Crippen LogP contribution in [0.1, 0.15) is 22.3 Å². The minimum Gasteiger partial charge on any atom is -0.354 e. The third-order valence-corrected chi connectivity index (χ3v) is 10.5. The van der Waals surface area contributed by atoms with Crippen LogP contribution in [0, 0.1) is 0 Å². The van der Waals surface area contributed by atoms with Crippen molar-refractivity contribution in [3.63, 3.8) is 0 Å². The molecule has 0 amide bonds. The van der Waals surface area contributed by atoms with E-state index in [2.05, 4.69) is 167 Å². The van der Waals surface area contributed by atoms with Gasteiger partial charge in [-0.3, -0.25) is 0 Å². The maximum atomic E-state index is 3.90. The van der Waals surface area contributed by atoms with Crippen molar-refractivity contribution in [1.29, 1.82) is 0 Å². The van der Waals surface area contributed by atoms with E-state index in [9.17, 15) is 0 Å². The quantitative estimate of drug-likeness (QED) is 0.197. The van der Waals surface area contributed by atoms with Crippen LogP contribution in [-0.4, -0.2) is 9.97 Å². The Balaban J connectivity index is 1.37. The molecule has 9 aromatic rings. The summed E-state index contributed by atoms with van der Waals surface area (Å²) in [6.07, 6.45) is 0. The van der Waals surface area contributed by atoms with Crippen molar-refractivity contribution < 1.29 is 0 Å². The number of H-pyrrole nitrogens is 2. The van der Waals surface area contributed by atoms with Gasteiger partial charge >= 0.3 is 0 Å². The first-order valence-corrected chi connectivity index (χ1v) is 16.0. The second-order valence-corrected chi connectivity index (χ2v) is 12.6. The Bertz CT molecular complexity index is 2540. The number of para-hydroxylation sites is 5. The molecule has 7 aromatic carbocycles. The Labute approximate surface area is 265 Å². The summed E-state index contributed by atoms with van der Waals surface area (Å²) in [5.74, 6) is 0.